The van der Waals surface area contributed by atoms with Crippen LogP contribution in [0.25, 0.3) is 0 Å². The number of ether oxygens (including phenoxy) is 1. The van der Waals surface area contributed by atoms with Gasteiger partial charge in [-0.2, -0.15) is 8.78 Å². The fourth-order valence-electron chi connectivity index (χ4n) is 2.23. The van der Waals surface area contributed by atoms with Crippen molar-refractivity contribution in [2.24, 2.45) is 0 Å². The number of nitrogens with one attached hydrogen (secondary N) is 1. The quantitative estimate of drug-likeness (QED) is 0.595. The number of benzene rings is 2. The molecule has 0 bridgehead atoms. The number of nitro groups is 1. The van der Waals surface area contributed by atoms with Crippen molar-refractivity contribution in [1.29, 1.82) is 0 Å². The zero-order chi connectivity index (χ0) is 17.7. The number of aliphatic hydroxyl groups is 1. The third-order valence-corrected chi connectivity index (χ3v) is 3.34. The van der Waals surface area contributed by atoms with Crippen molar-refractivity contribution < 1.29 is 23.5 Å². The van der Waals surface area contributed by atoms with E-state index in [9.17, 15) is 18.9 Å². The van der Waals surface area contributed by atoms with E-state index in [4.69, 9.17) is 5.11 Å². The summed E-state index contributed by atoms with van der Waals surface area (Å²) in [6, 6.07) is 8.89. The third-order valence-electron chi connectivity index (χ3n) is 3.34. The van der Waals surface area contributed by atoms with Gasteiger partial charge in [0, 0.05) is 18.2 Å². The predicted octanol–water partition coefficient (Wildman–Crippen LogP) is 3.61. The molecule has 2 N–H and O–H groups in total. The monoisotopic (exact) mass is 338 g/mol. The maximum absolute atomic E-state index is 12.5. The van der Waals surface area contributed by atoms with E-state index in [-0.39, 0.29) is 30.3 Å². The van der Waals surface area contributed by atoms with Gasteiger partial charge in [0.15, 0.2) is 0 Å². The average molecular weight is 338 g/mol. The van der Waals surface area contributed by atoms with Gasteiger partial charge in [0.25, 0.3) is 5.69 Å². The summed E-state index contributed by atoms with van der Waals surface area (Å²) in [7, 11) is 0. The van der Waals surface area contributed by atoms with Crippen molar-refractivity contribution in [3.63, 3.8) is 0 Å². The molecule has 0 unspecified atom stereocenters. The van der Waals surface area contributed by atoms with Crippen LogP contribution in [0.4, 0.5) is 20.2 Å². The van der Waals surface area contributed by atoms with Gasteiger partial charge in [-0.15, -0.1) is 0 Å². The zero-order valence-corrected chi connectivity index (χ0v) is 12.8. The van der Waals surface area contributed by atoms with Crippen molar-refractivity contribution in [2.75, 3.05) is 5.32 Å². The fourth-order valence-corrected chi connectivity index (χ4v) is 2.23. The van der Waals surface area contributed by atoms with Crippen LogP contribution in [0.3, 0.4) is 0 Å². The summed E-state index contributed by atoms with van der Waals surface area (Å²) in [4.78, 5) is 10.5. The highest BCUT2D eigenvalue weighted by Crippen LogP contribution is 2.28. The Morgan fingerprint density at radius 1 is 1.29 bits per heavy atom. The van der Waals surface area contributed by atoms with Crippen molar-refractivity contribution in [2.45, 2.75) is 26.7 Å². The van der Waals surface area contributed by atoms with Crippen LogP contribution in [0.5, 0.6) is 5.75 Å². The standard InChI is InChI=1S/C16H16F2N2O4/c1-10-2-5-15(24-16(17)18)12(6-10)8-19-13-7-11(9-21)3-4-14(13)20(22)23/h2-7,16,19,21H,8-9H2,1H3. The van der Waals surface area contributed by atoms with Gasteiger partial charge < -0.3 is 15.2 Å². The van der Waals surface area contributed by atoms with Crippen molar-refractivity contribution >= 4 is 11.4 Å². The molecule has 2 aromatic rings. The Hall–Kier alpha value is -2.74. The van der Waals surface area contributed by atoms with Gasteiger partial charge in [0.2, 0.25) is 0 Å². The minimum Gasteiger partial charge on any atom is -0.434 e. The fraction of sp³-hybridized carbons (Fsp3) is 0.250. The number of nitrogens with zero attached hydrogens (tertiary/aromatic N) is 1. The molecular weight excluding hydrogens is 322 g/mol. The van der Waals surface area contributed by atoms with E-state index in [1.807, 2.05) is 0 Å². The number of hydrogen-bond donors (Lipinski definition) is 2. The lowest BCUT2D eigenvalue weighted by molar-refractivity contribution is -0.384. The molecule has 0 atom stereocenters. The SMILES string of the molecule is Cc1ccc(OC(F)F)c(CNc2cc(CO)ccc2[N+](=O)[O-])c1. The van der Waals surface area contributed by atoms with E-state index in [2.05, 4.69) is 10.1 Å². The molecule has 2 aromatic carbocycles. The Morgan fingerprint density at radius 3 is 2.67 bits per heavy atom. The molecule has 8 heteroatoms. The number of nitro benzene ring substituents is 1. The van der Waals surface area contributed by atoms with Crippen LogP contribution in [0.15, 0.2) is 36.4 Å². The first-order valence-electron chi connectivity index (χ1n) is 7.07. The average Bonchev–Trinajstić information content (AvgIpc) is 2.54. The van der Waals surface area contributed by atoms with Crippen molar-refractivity contribution in [3.8, 4) is 5.75 Å². The molecule has 0 aliphatic heterocycles. The molecule has 6 nitrogen and oxygen atoms in total. The summed E-state index contributed by atoms with van der Waals surface area (Å²) < 4.78 is 29.4. The van der Waals surface area contributed by atoms with E-state index in [1.165, 1.54) is 24.3 Å². The molecule has 0 heterocycles. The van der Waals surface area contributed by atoms with Crippen molar-refractivity contribution in [3.05, 3.63) is 63.2 Å². The van der Waals surface area contributed by atoms with Crippen LogP contribution in [0.1, 0.15) is 16.7 Å². The molecule has 0 saturated heterocycles. The summed E-state index contributed by atoms with van der Waals surface area (Å²) in [5.41, 5.74) is 1.80. The van der Waals surface area contributed by atoms with Gasteiger partial charge >= 0.3 is 6.61 Å². The van der Waals surface area contributed by atoms with Gasteiger partial charge in [-0.05, 0) is 30.7 Å². The Morgan fingerprint density at radius 2 is 2.04 bits per heavy atom. The number of halogens is 2. The highest BCUT2D eigenvalue weighted by atomic mass is 19.3. The molecule has 0 aromatic heterocycles. The molecule has 0 aliphatic rings. The molecule has 0 spiro atoms. The summed E-state index contributed by atoms with van der Waals surface area (Å²) in [5.74, 6) is 0.00376. The number of alkyl halides is 2. The largest absolute Gasteiger partial charge is 0.434 e. The molecule has 24 heavy (non-hydrogen) atoms. The maximum Gasteiger partial charge on any atom is 0.387 e. The minimum absolute atomic E-state index is 0.00376. The molecule has 0 saturated carbocycles. The second kappa shape index (κ2) is 7.69. The van der Waals surface area contributed by atoms with Crippen LogP contribution in [-0.4, -0.2) is 16.6 Å². The number of aryl methyl sites for hydroxylation is 1. The Kier molecular flexibility index (Phi) is 5.64. The third kappa shape index (κ3) is 4.39. The molecule has 0 amide bonds. The van der Waals surface area contributed by atoms with E-state index in [0.29, 0.717) is 11.1 Å². The summed E-state index contributed by atoms with van der Waals surface area (Å²) in [6.07, 6.45) is 0. The summed E-state index contributed by atoms with van der Waals surface area (Å²) in [6.45, 7) is -1.38. The summed E-state index contributed by atoms with van der Waals surface area (Å²) >= 11 is 0. The van der Waals surface area contributed by atoms with E-state index >= 15 is 0 Å². The van der Waals surface area contributed by atoms with Crippen LogP contribution < -0.4 is 10.1 Å². The Balaban J connectivity index is 2.27. The first-order valence-corrected chi connectivity index (χ1v) is 7.07. The van der Waals surface area contributed by atoms with Crippen LogP contribution in [0.2, 0.25) is 0 Å². The molecule has 2 rings (SSSR count). The number of hydrogen-bond acceptors (Lipinski definition) is 5. The van der Waals surface area contributed by atoms with Gasteiger partial charge in [0.05, 0.1) is 11.5 Å². The highest BCUT2D eigenvalue weighted by Gasteiger charge is 2.15. The van der Waals surface area contributed by atoms with Gasteiger partial charge in [-0.3, -0.25) is 10.1 Å². The normalized spacial score (nSPS) is 10.7. The first kappa shape index (κ1) is 17.6. The maximum atomic E-state index is 12.5. The van der Waals surface area contributed by atoms with Crippen LogP contribution in [0, 0.1) is 17.0 Å². The van der Waals surface area contributed by atoms with Gasteiger partial charge in [0.1, 0.15) is 11.4 Å². The number of anilines is 1. The predicted molar refractivity (Wildman–Crippen MR) is 84.2 cm³/mol. The van der Waals surface area contributed by atoms with E-state index in [0.717, 1.165) is 5.56 Å². The lowest BCUT2D eigenvalue weighted by Crippen LogP contribution is -2.08. The Bertz CT molecular complexity index is 738. The molecule has 0 fully saturated rings. The second-order valence-electron chi connectivity index (χ2n) is 5.11. The van der Waals surface area contributed by atoms with E-state index in [1.54, 1.807) is 19.1 Å². The molecule has 0 aliphatic carbocycles. The lowest BCUT2D eigenvalue weighted by Gasteiger charge is -2.13. The molecular formula is C16H16F2N2O4. The highest BCUT2D eigenvalue weighted by molar-refractivity contribution is 5.63. The van der Waals surface area contributed by atoms with Gasteiger partial charge in [-0.25, -0.2) is 0 Å². The smallest absolute Gasteiger partial charge is 0.387 e. The van der Waals surface area contributed by atoms with Gasteiger partial charge in [-0.1, -0.05) is 17.7 Å². The number of rotatable bonds is 7. The van der Waals surface area contributed by atoms with E-state index < -0.39 is 11.5 Å². The topological polar surface area (TPSA) is 84.6 Å². The lowest BCUT2D eigenvalue weighted by atomic mass is 10.1. The zero-order valence-electron chi connectivity index (χ0n) is 12.8. The first-order chi connectivity index (χ1) is 11.4. The number of aliphatic hydroxyl groups excluding tert-OH is 1. The summed E-state index contributed by atoms with van der Waals surface area (Å²) in [5, 5.41) is 23.1. The Labute approximate surface area is 136 Å². The van der Waals surface area contributed by atoms with Crippen LogP contribution >= 0.6 is 0 Å². The van der Waals surface area contributed by atoms with Crippen molar-refractivity contribution in [1.82, 2.24) is 0 Å². The van der Waals surface area contributed by atoms with Crippen LogP contribution in [-0.2, 0) is 13.2 Å². The minimum atomic E-state index is -2.96. The molecule has 128 valence electrons. The molecule has 0 radical (unpaired) electrons. The second-order valence-corrected chi connectivity index (χ2v) is 5.11.